The van der Waals surface area contributed by atoms with Crippen LogP contribution in [-0.4, -0.2) is 37.0 Å². The maximum atomic E-state index is 12.1. The molecule has 6 heteroatoms. The van der Waals surface area contributed by atoms with E-state index in [2.05, 4.69) is 16.0 Å². The van der Waals surface area contributed by atoms with E-state index in [0.717, 1.165) is 19.5 Å². The first-order valence-electron chi connectivity index (χ1n) is 7.47. The molecule has 116 valence electrons. The molecule has 0 aliphatic carbocycles. The highest BCUT2D eigenvalue weighted by atomic mass is 16.2. The van der Waals surface area contributed by atoms with Crippen molar-refractivity contribution in [2.75, 3.05) is 19.6 Å². The molecular formula is C15H24N4O2. The monoisotopic (exact) mass is 292 g/mol. The van der Waals surface area contributed by atoms with Gasteiger partial charge in [-0.2, -0.15) is 0 Å². The van der Waals surface area contributed by atoms with Crippen LogP contribution in [0.3, 0.4) is 0 Å². The fourth-order valence-corrected chi connectivity index (χ4v) is 2.65. The van der Waals surface area contributed by atoms with Crippen molar-refractivity contribution < 1.29 is 9.59 Å². The van der Waals surface area contributed by atoms with Gasteiger partial charge in [0, 0.05) is 12.1 Å². The minimum Gasteiger partial charge on any atom is -0.374 e. The highest BCUT2D eigenvalue weighted by molar-refractivity contribution is 5.99. The molecule has 0 spiro atoms. The summed E-state index contributed by atoms with van der Waals surface area (Å²) in [4.78, 5) is 23.5. The highest BCUT2D eigenvalue weighted by Crippen LogP contribution is 2.16. The van der Waals surface area contributed by atoms with Crippen molar-refractivity contribution in [2.45, 2.75) is 31.7 Å². The van der Waals surface area contributed by atoms with Gasteiger partial charge in [-0.1, -0.05) is 0 Å². The van der Waals surface area contributed by atoms with Gasteiger partial charge in [0.1, 0.15) is 5.54 Å². The average Bonchev–Trinajstić information content (AvgIpc) is 2.48. The van der Waals surface area contributed by atoms with Crippen molar-refractivity contribution in [3.8, 4) is 0 Å². The molecule has 0 aromatic rings. The van der Waals surface area contributed by atoms with E-state index < -0.39 is 11.4 Å². The lowest BCUT2D eigenvalue weighted by Gasteiger charge is -2.27. The summed E-state index contributed by atoms with van der Waals surface area (Å²) >= 11 is 0. The maximum Gasteiger partial charge on any atom is 0.251 e. The molecule has 2 atom stereocenters. The molecule has 2 aliphatic heterocycles. The van der Waals surface area contributed by atoms with E-state index in [1.807, 2.05) is 0 Å². The first-order valence-corrected chi connectivity index (χ1v) is 7.47. The van der Waals surface area contributed by atoms with Gasteiger partial charge < -0.3 is 21.7 Å². The van der Waals surface area contributed by atoms with E-state index in [4.69, 9.17) is 5.73 Å². The quantitative estimate of drug-likeness (QED) is 0.563. The van der Waals surface area contributed by atoms with E-state index in [1.54, 1.807) is 25.3 Å². The fourth-order valence-electron chi connectivity index (χ4n) is 2.65. The molecule has 2 rings (SSSR count). The Balaban J connectivity index is 1.83. The van der Waals surface area contributed by atoms with E-state index in [1.165, 1.54) is 12.8 Å². The molecule has 6 nitrogen and oxygen atoms in total. The first kappa shape index (κ1) is 15.6. The molecule has 2 unspecified atom stereocenters. The molecule has 5 N–H and O–H groups in total. The van der Waals surface area contributed by atoms with E-state index in [9.17, 15) is 9.59 Å². The minimum atomic E-state index is -1.01. The maximum absolute atomic E-state index is 12.1. The number of piperidine rings is 1. The van der Waals surface area contributed by atoms with Crippen LogP contribution in [0.2, 0.25) is 0 Å². The summed E-state index contributed by atoms with van der Waals surface area (Å²) < 4.78 is 0. The summed E-state index contributed by atoms with van der Waals surface area (Å²) in [5.41, 5.74) is 4.81. The number of nitrogens with two attached hydrogens (primary N) is 1. The number of amides is 2. The second kappa shape index (κ2) is 6.76. The number of nitrogens with one attached hydrogen (secondary N) is 3. The Kier molecular flexibility index (Phi) is 5.01. The molecular weight excluding hydrogens is 268 g/mol. The topological polar surface area (TPSA) is 96.2 Å². The second-order valence-electron chi connectivity index (χ2n) is 5.90. The zero-order chi connectivity index (χ0) is 15.3. The van der Waals surface area contributed by atoms with Gasteiger partial charge in [0.25, 0.3) is 5.91 Å². The predicted octanol–water partition coefficient (Wildman–Crippen LogP) is -0.220. The number of rotatable bonds is 5. The van der Waals surface area contributed by atoms with Gasteiger partial charge in [0.2, 0.25) is 5.91 Å². The highest BCUT2D eigenvalue weighted by Gasteiger charge is 2.30. The second-order valence-corrected chi connectivity index (χ2v) is 5.90. The Hall–Kier alpha value is -1.82. The number of primary amides is 1. The van der Waals surface area contributed by atoms with Gasteiger partial charge in [-0.3, -0.25) is 9.59 Å². The summed E-state index contributed by atoms with van der Waals surface area (Å²) in [5, 5.41) is 9.14. The largest absolute Gasteiger partial charge is 0.374 e. The van der Waals surface area contributed by atoms with Gasteiger partial charge in [0.15, 0.2) is 0 Å². The Morgan fingerprint density at radius 1 is 1.52 bits per heavy atom. The van der Waals surface area contributed by atoms with Gasteiger partial charge >= 0.3 is 0 Å². The van der Waals surface area contributed by atoms with Crippen molar-refractivity contribution in [3.05, 3.63) is 23.9 Å². The molecule has 2 heterocycles. The van der Waals surface area contributed by atoms with Crippen molar-refractivity contribution in [3.63, 3.8) is 0 Å². The van der Waals surface area contributed by atoms with E-state index >= 15 is 0 Å². The van der Waals surface area contributed by atoms with Crippen LogP contribution in [0.1, 0.15) is 26.2 Å². The lowest BCUT2D eigenvalue weighted by Crippen LogP contribution is -2.51. The summed E-state index contributed by atoms with van der Waals surface area (Å²) in [5.74, 6) is -0.0399. The Morgan fingerprint density at radius 2 is 2.33 bits per heavy atom. The molecule has 2 amide bonds. The molecule has 0 aromatic carbocycles. The van der Waals surface area contributed by atoms with Crippen molar-refractivity contribution >= 4 is 11.8 Å². The molecule has 21 heavy (non-hydrogen) atoms. The van der Waals surface area contributed by atoms with Crippen LogP contribution < -0.4 is 21.7 Å². The first-order chi connectivity index (χ1) is 10.0. The molecule has 1 saturated heterocycles. The van der Waals surface area contributed by atoms with Crippen LogP contribution in [0.4, 0.5) is 0 Å². The zero-order valence-corrected chi connectivity index (χ0v) is 12.4. The fraction of sp³-hybridized carbons (Fsp3) is 0.600. The summed E-state index contributed by atoms with van der Waals surface area (Å²) in [6.45, 7) is 4.43. The summed E-state index contributed by atoms with van der Waals surface area (Å²) in [7, 11) is 0. The van der Waals surface area contributed by atoms with Crippen LogP contribution in [0.25, 0.3) is 0 Å². The normalized spacial score (nSPS) is 28.4. The standard InChI is InChI=1S/C15H24N4O2/c1-15(14(16)21)9-12(5-8-19-15)13(20)18-7-4-11-3-2-6-17-10-11/h5,8-9,11,17,19H,2-4,6-7,10H2,1H3,(H2,16,21)(H,18,20). The van der Waals surface area contributed by atoms with Gasteiger partial charge in [-0.25, -0.2) is 0 Å². The van der Waals surface area contributed by atoms with Crippen LogP contribution in [0, 0.1) is 5.92 Å². The number of hydrogen-bond acceptors (Lipinski definition) is 4. The molecule has 0 aromatic heterocycles. The zero-order valence-electron chi connectivity index (χ0n) is 12.4. The molecule has 0 saturated carbocycles. The number of dihydropyridines is 1. The number of hydrogen-bond donors (Lipinski definition) is 4. The lowest BCUT2D eigenvalue weighted by atomic mass is 9.94. The van der Waals surface area contributed by atoms with Crippen molar-refractivity contribution in [2.24, 2.45) is 11.7 Å². The predicted molar refractivity (Wildman–Crippen MR) is 81.2 cm³/mol. The van der Waals surface area contributed by atoms with Gasteiger partial charge in [-0.15, -0.1) is 0 Å². The average molecular weight is 292 g/mol. The minimum absolute atomic E-state index is 0.163. The van der Waals surface area contributed by atoms with Crippen LogP contribution in [-0.2, 0) is 9.59 Å². The molecule has 0 bridgehead atoms. The van der Waals surface area contributed by atoms with Crippen LogP contribution in [0.15, 0.2) is 23.9 Å². The third-order valence-corrected chi connectivity index (χ3v) is 4.10. The van der Waals surface area contributed by atoms with Crippen molar-refractivity contribution in [1.29, 1.82) is 0 Å². The lowest BCUT2D eigenvalue weighted by molar-refractivity contribution is -0.121. The van der Waals surface area contributed by atoms with Gasteiger partial charge in [-0.05, 0) is 63.5 Å². The van der Waals surface area contributed by atoms with Crippen molar-refractivity contribution in [1.82, 2.24) is 16.0 Å². The molecule has 2 aliphatic rings. The Labute approximate surface area is 125 Å². The third kappa shape index (κ3) is 4.07. The Bertz CT molecular complexity index is 466. The van der Waals surface area contributed by atoms with Gasteiger partial charge in [0.05, 0.1) is 0 Å². The Morgan fingerprint density at radius 3 is 3.00 bits per heavy atom. The number of carbonyl (C=O) groups is 2. The summed E-state index contributed by atoms with van der Waals surface area (Å²) in [6, 6.07) is 0. The van der Waals surface area contributed by atoms with Crippen LogP contribution >= 0.6 is 0 Å². The number of carbonyl (C=O) groups excluding carboxylic acids is 2. The SMILES string of the molecule is CC1(C(N)=O)C=C(C(=O)NCCC2CCCNC2)C=CN1. The molecule has 0 radical (unpaired) electrons. The third-order valence-electron chi connectivity index (χ3n) is 4.10. The van der Waals surface area contributed by atoms with Crippen LogP contribution in [0.5, 0.6) is 0 Å². The van der Waals surface area contributed by atoms with E-state index in [-0.39, 0.29) is 5.91 Å². The summed E-state index contributed by atoms with van der Waals surface area (Å²) in [6.07, 6.45) is 8.21. The molecule has 1 fully saturated rings. The van der Waals surface area contributed by atoms with E-state index in [0.29, 0.717) is 18.0 Å². The smallest absolute Gasteiger partial charge is 0.251 e.